The zero-order valence-electron chi connectivity index (χ0n) is 15.0. The number of carbonyl (C=O) groups is 1. The fraction of sp³-hybridized carbons (Fsp3) is 0.316. The summed E-state index contributed by atoms with van der Waals surface area (Å²) >= 11 is 1.34. The molecule has 0 aliphatic carbocycles. The molecule has 28 heavy (non-hydrogen) atoms. The molecule has 1 heterocycles. The van der Waals surface area contributed by atoms with Crippen molar-refractivity contribution in [3.63, 3.8) is 0 Å². The Bertz CT molecular complexity index is 866. The standard InChI is InChI=1S/C19H17F4NO3S/c1-26-14-4-3-5-15(27-2)17(14)18-24(16(25)10-28-18)9-11-6-7-12(13(20)8-11)19(21,22)23/h3-8,18H,9-10H2,1-2H3. The molecule has 0 aromatic heterocycles. The summed E-state index contributed by atoms with van der Waals surface area (Å²) in [6.07, 6.45) is -4.77. The highest BCUT2D eigenvalue weighted by Gasteiger charge is 2.37. The van der Waals surface area contributed by atoms with Crippen LogP contribution >= 0.6 is 11.8 Å². The van der Waals surface area contributed by atoms with Gasteiger partial charge >= 0.3 is 6.18 Å². The lowest BCUT2D eigenvalue weighted by Crippen LogP contribution is -2.28. The summed E-state index contributed by atoms with van der Waals surface area (Å²) in [6, 6.07) is 7.90. The summed E-state index contributed by atoms with van der Waals surface area (Å²) in [5.41, 5.74) is -0.419. The summed E-state index contributed by atoms with van der Waals surface area (Å²) in [5.74, 6) is -0.334. The van der Waals surface area contributed by atoms with Crippen molar-refractivity contribution in [2.75, 3.05) is 20.0 Å². The Morgan fingerprint density at radius 2 is 1.79 bits per heavy atom. The average Bonchev–Trinajstić information content (AvgIpc) is 3.00. The molecule has 1 saturated heterocycles. The maximum atomic E-state index is 13.9. The molecule has 1 amide bonds. The van der Waals surface area contributed by atoms with E-state index in [-0.39, 0.29) is 23.8 Å². The van der Waals surface area contributed by atoms with E-state index in [1.54, 1.807) is 18.2 Å². The van der Waals surface area contributed by atoms with Crippen LogP contribution < -0.4 is 9.47 Å². The molecular formula is C19H17F4NO3S. The van der Waals surface area contributed by atoms with Crippen molar-refractivity contribution >= 4 is 17.7 Å². The number of benzene rings is 2. The zero-order chi connectivity index (χ0) is 20.5. The Balaban J connectivity index is 1.94. The van der Waals surface area contributed by atoms with Gasteiger partial charge in [0, 0.05) is 6.54 Å². The van der Waals surface area contributed by atoms with Crippen LogP contribution in [0.25, 0.3) is 0 Å². The third kappa shape index (κ3) is 3.89. The van der Waals surface area contributed by atoms with Crippen LogP contribution in [0.3, 0.4) is 0 Å². The Hall–Kier alpha value is -2.42. The predicted octanol–water partition coefficient (Wildman–Crippen LogP) is 4.64. The van der Waals surface area contributed by atoms with Crippen molar-refractivity contribution in [3.05, 3.63) is 58.9 Å². The van der Waals surface area contributed by atoms with Crippen molar-refractivity contribution in [2.45, 2.75) is 18.1 Å². The van der Waals surface area contributed by atoms with Crippen LogP contribution in [0.1, 0.15) is 22.1 Å². The second-order valence-electron chi connectivity index (χ2n) is 6.07. The van der Waals surface area contributed by atoms with Gasteiger partial charge in [-0.25, -0.2) is 4.39 Å². The van der Waals surface area contributed by atoms with Gasteiger partial charge in [-0.1, -0.05) is 12.1 Å². The lowest BCUT2D eigenvalue weighted by atomic mass is 10.1. The second-order valence-corrected chi connectivity index (χ2v) is 7.14. The molecule has 0 N–H and O–H groups in total. The molecule has 4 nitrogen and oxygen atoms in total. The van der Waals surface area contributed by atoms with Crippen molar-refractivity contribution in [3.8, 4) is 11.5 Å². The van der Waals surface area contributed by atoms with Crippen molar-refractivity contribution in [2.24, 2.45) is 0 Å². The highest BCUT2D eigenvalue weighted by atomic mass is 32.2. The summed E-state index contributed by atoms with van der Waals surface area (Å²) in [4.78, 5) is 13.9. The molecule has 2 aromatic carbocycles. The van der Waals surface area contributed by atoms with Gasteiger partial charge in [-0.2, -0.15) is 13.2 Å². The van der Waals surface area contributed by atoms with E-state index in [0.29, 0.717) is 23.1 Å². The number of hydrogen-bond acceptors (Lipinski definition) is 4. The first-order valence-corrected chi connectivity index (χ1v) is 9.28. The number of halogens is 4. The first kappa shape index (κ1) is 20.3. The largest absolute Gasteiger partial charge is 0.496 e. The number of ether oxygens (including phenoxy) is 2. The lowest BCUT2D eigenvalue weighted by Gasteiger charge is -2.27. The Labute approximate surface area is 163 Å². The summed E-state index contributed by atoms with van der Waals surface area (Å²) in [6.45, 7) is -0.0350. The number of nitrogens with zero attached hydrogens (tertiary/aromatic N) is 1. The van der Waals surface area contributed by atoms with Crippen LogP contribution in [0.4, 0.5) is 17.6 Å². The quantitative estimate of drug-likeness (QED) is 0.668. The molecule has 1 atom stereocenters. The maximum Gasteiger partial charge on any atom is 0.419 e. The number of thioether (sulfide) groups is 1. The number of amides is 1. The zero-order valence-corrected chi connectivity index (χ0v) is 15.9. The third-order valence-electron chi connectivity index (χ3n) is 4.37. The minimum absolute atomic E-state index is 0.0350. The second kappa shape index (κ2) is 7.90. The van der Waals surface area contributed by atoms with Gasteiger partial charge in [-0.15, -0.1) is 11.8 Å². The first-order valence-electron chi connectivity index (χ1n) is 8.24. The summed E-state index contributed by atoms with van der Waals surface area (Å²) in [7, 11) is 2.99. The van der Waals surface area contributed by atoms with Crippen molar-refractivity contribution < 1.29 is 31.8 Å². The molecule has 1 aliphatic heterocycles. The fourth-order valence-electron chi connectivity index (χ4n) is 3.07. The number of alkyl halides is 3. The van der Waals surface area contributed by atoms with Crippen LogP contribution in [0.15, 0.2) is 36.4 Å². The first-order chi connectivity index (χ1) is 13.3. The minimum Gasteiger partial charge on any atom is -0.496 e. The molecule has 1 aliphatic rings. The van der Waals surface area contributed by atoms with E-state index in [9.17, 15) is 22.4 Å². The lowest BCUT2D eigenvalue weighted by molar-refractivity contribution is -0.140. The van der Waals surface area contributed by atoms with Crippen LogP contribution in [0.5, 0.6) is 11.5 Å². The molecule has 0 spiro atoms. The monoisotopic (exact) mass is 415 g/mol. The molecule has 3 rings (SSSR count). The fourth-order valence-corrected chi connectivity index (χ4v) is 4.31. The van der Waals surface area contributed by atoms with Gasteiger partial charge in [0.15, 0.2) is 0 Å². The average molecular weight is 415 g/mol. The van der Waals surface area contributed by atoms with Gasteiger partial charge in [0.2, 0.25) is 5.91 Å². The maximum absolute atomic E-state index is 13.9. The summed E-state index contributed by atoms with van der Waals surface area (Å²) in [5, 5.41) is -0.469. The molecule has 0 bridgehead atoms. The van der Waals surface area contributed by atoms with Crippen LogP contribution in [-0.4, -0.2) is 30.8 Å². The molecule has 1 unspecified atom stereocenters. The summed E-state index contributed by atoms with van der Waals surface area (Å²) < 4.78 is 63.0. The van der Waals surface area contributed by atoms with E-state index in [4.69, 9.17) is 9.47 Å². The van der Waals surface area contributed by atoms with Gasteiger partial charge in [-0.05, 0) is 29.8 Å². The van der Waals surface area contributed by atoms with Gasteiger partial charge in [0.05, 0.1) is 31.1 Å². The predicted molar refractivity (Wildman–Crippen MR) is 96.7 cm³/mol. The topological polar surface area (TPSA) is 38.8 Å². The van der Waals surface area contributed by atoms with E-state index in [1.807, 2.05) is 0 Å². The number of rotatable bonds is 5. The van der Waals surface area contributed by atoms with E-state index in [2.05, 4.69) is 0 Å². The molecular weight excluding hydrogens is 398 g/mol. The van der Waals surface area contributed by atoms with Crippen molar-refractivity contribution in [1.82, 2.24) is 4.90 Å². The smallest absolute Gasteiger partial charge is 0.419 e. The van der Waals surface area contributed by atoms with Gasteiger partial charge in [-0.3, -0.25) is 4.79 Å². The molecule has 0 radical (unpaired) electrons. The van der Waals surface area contributed by atoms with Gasteiger partial charge in [0.25, 0.3) is 0 Å². The number of carbonyl (C=O) groups excluding carboxylic acids is 1. The van der Waals surface area contributed by atoms with Gasteiger partial charge in [0.1, 0.15) is 22.7 Å². The van der Waals surface area contributed by atoms with E-state index < -0.39 is 22.9 Å². The van der Waals surface area contributed by atoms with Crippen LogP contribution in [0.2, 0.25) is 0 Å². The number of methoxy groups -OCH3 is 2. The van der Waals surface area contributed by atoms with E-state index in [0.717, 1.165) is 6.07 Å². The molecule has 1 fully saturated rings. The Kier molecular flexibility index (Phi) is 5.74. The normalized spacial score (nSPS) is 17.1. The van der Waals surface area contributed by atoms with Crippen molar-refractivity contribution in [1.29, 1.82) is 0 Å². The highest BCUT2D eigenvalue weighted by molar-refractivity contribution is 8.00. The molecule has 9 heteroatoms. The number of hydrogen-bond donors (Lipinski definition) is 0. The highest BCUT2D eigenvalue weighted by Crippen LogP contribution is 2.47. The SMILES string of the molecule is COc1cccc(OC)c1C1SCC(=O)N1Cc1ccc(C(F)(F)F)c(F)c1. The Morgan fingerprint density at radius 1 is 1.14 bits per heavy atom. The van der Waals surface area contributed by atoms with E-state index in [1.165, 1.54) is 36.9 Å². The molecule has 2 aromatic rings. The minimum atomic E-state index is -4.77. The molecule has 150 valence electrons. The van der Waals surface area contributed by atoms with Crippen LogP contribution in [0, 0.1) is 5.82 Å². The van der Waals surface area contributed by atoms with E-state index >= 15 is 0 Å². The third-order valence-corrected chi connectivity index (χ3v) is 5.59. The molecule has 0 saturated carbocycles. The Morgan fingerprint density at radius 3 is 2.32 bits per heavy atom. The van der Waals surface area contributed by atoms with Crippen LogP contribution in [-0.2, 0) is 17.5 Å². The van der Waals surface area contributed by atoms with Gasteiger partial charge < -0.3 is 14.4 Å².